The smallest absolute Gasteiger partial charge is 0.417 e. The fourth-order valence-electron chi connectivity index (χ4n) is 3.43. The molecule has 0 aromatic heterocycles. The number of carbonyl (C=O) groups excluding carboxylic acids is 1. The summed E-state index contributed by atoms with van der Waals surface area (Å²) >= 11 is 1.16. The minimum absolute atomic E-state index is 0.115. The van der Waals surface area contributed by atoms with Gasteiger partial charge >= 0.3 is 12.1 Å². The third-order valence-electron chi connectivity index (χ3n) is 5.19. The van der Waals surface area contributed by atoms with E-state index in [0.717, 1.165) is 30.0 Å². The number of aliphatic carboxylic acids is 1. The minimum Gasteiger partial charge on any atom is -0.496 e. The van der Waals surface area contributed by atoms with Gasteiger partial charge < -0.3 is 14.7 Å². The minimum atomic E-state index is -4.60. The molecule has 0 aliphatic carbocycles. The second-order valence-electron chi connectivity index (χ2n) is 7.27. The number of carboxylic acid groups (broad SMARTS) is 1. The van der Waals surface area contributed by atoms with Crippen molar-refractivity contribution in [3.05, 3.63) is 59.7 Å². The van der Waals surface area contributed by atoms with Gasteiger partial charge in [0.15, 0.2) is 0 Å². The molecule has 0 bridgehead atoms. The van der Waals surface area contributed by atoms with Crippen LogP contribution in [0.1, 0.15) is 24.0 Å². The monoisotopic (exact) mass is 465 g/mol. The first-order valence-electron chi connectivity index (χ1n) is 9.91. The first-order valence-corrected chi connectivity index (χ1v) is 10.7. The number of hydrogen-bond donors (Lipinski definition) is 1. The number of amides is 1. The summed E-state index contributed by atoms with van der Waals surface area (Å²) in [5.41, 5.74) is -0.957. The zero-order chi connectivity index (χ0) is 23.3. The Kier molecular flexibility index (Phi) is 7.50. The van der Waals surface area contributed by atoms with Gasteiger partial charge in [0.25, 0.3) is 0 Å². The Morgan fingerprint density at radius 2 is 1.84 bits per heavy atom. The lowest BCUT2D eigenvalue weighted by Gasteiger charge is -2.29. The van der Waals surface area contributed by atoms with Gasteiger partial charge in [-0.1, -0.05) is 30.0 Å². The molecule has 5 nitrogen and oxygen atoms in total. The standard InChI is InChI=1S/C23H22F3NO4S/c1-31-19-4-2-3-5-20(19)32-17-8-6-15(18(14-17)23(24,25)26)7-9-21(28)27-12-10-16(11-13-27)22(29)30/h2-9,14,16H,10-13H2,1H3,(H,29,30)/b9-7+. The number of methoxy groups -OCH3 is 1. The number of hydrogen-bond acceptors (Lipinski definition) is 4. The largest absolute Gasteiger partial charge is 0.496 e. The number of halogens is 3. The highest BCUT2D eigenvalue weighted by Crippen LogP contribution is 2.39. The number of ether oxygens (including phenoxy) is 1. The second-order valence-corrected chi connectivity index (χ2v) is 8.39. The molecule has 1 aliphatic heterocycles. The van der Waals surface area contributed by atoms with Crippen molar-refractivity contribution in [3.8, 4) is 5.75 Å². The molecule has 1 aliphatic rings. The van der Waals surface area contributed by atoms with Gasteiger partial charge in [0.1, 0.15) is 5.75 Å². The molecule has 2 aromatic carbocycles. The average Bonchev–Trinajstić information content (AvgIpc) is 2.77. The molecule has 2 aromatic rings. The van der Waals surface area contributed by atoms with Gasteiger partial charge in [0.2, 0.25) is 5.91 Å². The summed E-state index contributed by atoms with van der Waals surface area (Å²) in [5, 5.41) is 9.03. The summed E-state index contributed by atoms with van der Waals surface area (Å²) < 4.78 is 46.3. The van der Waals surface area contributed by atoms with E-state index in [4.69, 9.17) is 9.84 Å². The Bertz CT molecular complexity index is 1010. The molecule has 0 spiro atoms. The lowest BCUT2D eigenvalue weighted by molar-refractivity contribution is -0.144. The van der Waals surface area contributed by atoms with Crippen LogP contribution in [0.15, 0.2) is 58.3 Å². The highest BCUT2D eigenvalue weighted by atomic mass is 32.2. The fraction of sp³-hybridized carbons (Fsp3) is 0.304. The van der Waals surface area contributed by atoms with Crippen LogP contribution in [0.3, 0.4) is 0 Å². The predicted octanol–water partition coefficient (Wildman–Crippen LogP) is 5.20. The van der Waals surface area contributed by atoms with Crippen molar-refractivity contribution in [2.75, 3.05) is 20.2 Å². The molecule has 1 saturated heterocycles. The van der Waals surface area contributed by atoms with Crippen LogP contribution in [-0.2, 0) is 15.8 Å². The van der Waals surface area contributed by atoms with Crippen molar-refractivity contribution >= 4 is 29.7 Å². The molecule has 170 valence electrons. The van der Waals surface area contributed by atoms with Gasteiger partial charge in [-0.25, -0.2) is 0 Å². The Labute approximate surface area is 187 Å². The van der Waals surface area contributed by atoms with Crippen LogP contribution in [0.5, 0.6) is 5.75 Å². The summed E-state index contributed by atoms with van der Waals surface area (Å²) in [6.45, 7) is 0.529. The normalized spacial score (nSPS) is 15.2. The number of nitrogens with zero attached hydrogens (tertiary/aromatic N) is 1. The van der Waals surface area contributed by atoms with Gasteiger partial charge in [-0.2, -0.15) is 13.2 Å². The lowest BCUT2D eigenvalue weighted by Crippen LogP contribution is -2.39. The Balaban J connectivity index is 1.78. The summed E-state index contributed by atoms with van der Waals surface area (Å²) in [5.74, 6) is -1.26. The second kappa shape index (κ2) is 10.1. The SMILES string of the molecule is COc1ccccc1Sc1ccc(/C=C/C(=O)N2CCC(C(=O)O)CC2)c(C(F)(F)F)c1. The Hall–Kier alpha value is -2.94. The van der Waals surface area contributed by atoms with E-state index >= 15 is 0 Å². The van der Waals surface area contributed by atoms with Crippen LogP contribution in [0.4, 0.5) is 13.2 Å². The van der Waals surface area contributed by atoms with E-state index in [1.807, 2.05) is 0 Å². The molecule has 9 heteroatoms. The number of alkyl halides is 3. The van der Waals surface area contributed by atoms with Crippen molar-refractivity contribution in [1.82, 2.24) is 4.90 Å². The Morgan fingerprint density at radius 1 is 1.16 bits per heavy atom. The van der Waals surface area contributed by atoms with Crippen LogP contribution < -0.4 is 4.74 Å². The highest BCUT2D eigenvalue weighted by molar-refractivity contribution is 7.99. The van der Waals surface area contributed by atoms with Crippen LogP contribution >= 0.6 is 11.8 Å². The van der Waals surface area contributed by atoms with E-state index in [0.29, 0.717) is 28.4 Å². The average molecular weight is 465 g/mol. The van der Waals surface area contributed by atoms with E-state index in [1.165, 1.54) is 18.1 Å². The zero-order valence-electron chi connectivity index (χ0n) is 17.3. The number of likely N-dealkylation sites (tertiary alicyclic amines) is 1. The lowest BCUT2D eigenvalue weighted by atomic mass is 9.97. The van der Waals surface area contributed by atoms with E-state index in [1.54, 1.807) is 30.3 Å². The van der Waals surface area contributed by atoms with Crippen molar-refractivity contribution in [2.24, 2.45) is 5.92 Å². The number of carboxylic acids is 1. The quantitative estimate of drug-likeness (QED) is 0.594. The van der Waals surface area contributed by atoms with E-state index in [2.05, 4.69) is 0 Å². The first-order chi connectivity index (χ1) is 15.2. The van der Waals surface area contributed by atoms with Crippen LogP contribution in [0.25, 0.3) is 6.08 Å². The molecular formula is C23H22F3NO4S. The molecule has 0 saturated carbocycles. The summed E-state index contributed by atoms with van der Waals surface area (Å²) in [7, 11) is 1.50. The summed E-state index contributed by atoms with van der Waals surface area (Å²) in [4.78, 5) is 25.9. The third-order valence-corrected chi connectivity index (χ3v) is 6.24. The zero-order valence-corrected chi connectivity index (χ0v) is 18.1. The molecule has 1 amide bonds. The number of rotatable bonds is 6. The van der Waals surface area contributed by atoms with Gasteiger partial charge in [-0.3, -0.25) is 9.59 Å². The van der Waals surface area contributed by atoms with E-state index in [9.17, 15) is 22.8 Å². The van der Waals surface area contributed by atoms with Gasteiger partial charge in [0.05, 0.1) is 23.5 Å². The summed E-state index contributed by atoms with van der Waals surface area (Å²) in [6, 6.07) is 11.0. The summed E-state index contributed by atoms with van der Waals surface area (Å²) in [6.07, 6.45) is -1.67. The number of para-hydroxylation sites is 1. The molecule has 32 heavy (non-hydrogen) atoms. The molecule has 0 unspecified atom stereocenters. The third kappa shape index (κ3) is 5.85. The van der Waals surface area contributed by atoms with Gasteiger partial charge in [0, 0.05) is 24.1 Å². The molecule has 3 rings (SSSR count). The van der Waals surface area contributed by atoms with Crippen molar-refractivity contribution in [3.63, 3.8) is 0 Å². The van der Waals surface area contributed by atoms with E-state index in [-0.39, 0.29) is 18.7 Å². The predicted molar refractivity (Wildman–Crippen MR) is 115 cm³/mol. The number of benzene rings is 2. The Morgan fingerprint density at radius 3 is 2.47 bits per heavy atom. The number of carbonyl (C=O) groups is 2. The van der Waals surface area contributed by atoms with Crippen LogP contribution in [-0.4, -0.2) is 42.1 Å². The molecule has 0 atom stereocenters. The molecule has 1 heterocycles. The first kappa shape index (κ1) is 23.7. The maximum Gasteiger partial charge on any atom is 0.417 e. The molecular weight excluding hydrogens is 443 g/mol. The topological polar surface area (TPSA) is 66.8 Å². The maximum absolute atomic E-state index is 13.7. The van der Waals surface area contributed by atoms with Crippen molar-refractivity contribution in [2.45, 2.75) is 28.8 Å². The highest BCUT2D eigenvalue weighted by Gasteiger charge is 2.33. The van der Waals surface area contributed by atoms with Gasteiger partial charge in [-0.05, 0) is 48.7 Å². The van der Waals surface area contributed by atoms with Crippen LogP contribution in [0, 0.1) is 5.92 Å². The van der Waals surface area contributed by atoms with Crippen molar-refractivity contribution in [1.29, 1.82) is 0 Å². The van der Waals surface area contributed by atoms with Crippen LogP contribution in [0.2, 0.25) is 0 Å². The van der Waals surface area contributed by atoms with E-state index < -0.39 is 29.5 Å². The fourth-order valence-corrected chi connectivity index (χ4v) is 4.40. The van der Waals surface area contributed by atoms with Crippen molar-refractivity contribution < 1.29 is 32.6 Å². The molecule has 0 radical (unpaired) electrons. The number of piperidine rings is 1. The molecule has 1 N–H and O–H groups in total. The van der Waals surface area contributed by atoms with Gasteiger partial charge in [-0.15, -0.1) is 0 Å². The maximum atomic E-state index is 13.7. The molecule has 1 fully saturated rings.